The first-order valence-corrected chi connectivity index (χ1v) is 6.42. The van der Waals surface area contributed by atoms with Gasteiger partial charge >= 0.3 is 0 Å². The van der Waals surface area contributed by atoms with Crippen molar-refractivity contribution >= 4 is 16.6 Å². The van der Waals surface area contributed by atoms with Gasteiger partial charge in [-0.3, -0.25) is 0 Å². The molecule has 0 spiro atoms. The molecule has 2 aromatic carbocycles. The molecule has 2 heteroatoms. The molecule has 1 heterocycles. The minimum absolute atomic E-state index is 0.632. The lowest BCUT2D eigenvalue weighted by molar-refractivity contribution is 1.13. The van der Waals surface area contributed by atoms with Gasteiger partial charge < -0.3 is 5.73 Å². The van der Waals surface area contributed by atoms with Crippen LogP contribution in [0.15, 0.2) is 54.7 Å². The van der Waals surface area contributed by atoms with Crippen molar-refractivity contribution in [2.45, 2.75) is 13.3 Å². The van der Waals surface area contributed by atoms with Crippen LogP contribution in [-0.2, 0) is 6.42 Å². The molecule has 0 saturated heterocycles. The lowest BCUT2D eigenvalue weighted by Crippen LogP contribution is -2.01. The van der Waals surface area contributed by atoms with Crippen LogP contribution in [0.3, 0.4) is 0 Å². The zero-order valence-corrected chi connectivity index (χ0v) is 10.9. The minimum atomic E-state index is 0.632. The largest absolute Gasteiger partial charge is 0.383 e. The van der Waals surface area contributed by atoms with Gasteiger partial charge in [-0.15, -0.1) is 0 Å². The smallest absolute Gasteiger partial charge is 0.127 e. The fraction of sp³-hybridized carbons (Fsp3) is 0.118. The highest BCUT2D eigenvalue weighted by Crippen LogP contribution is 2.24. The average molecular weight is 248 g/mol. The van der Waals surface area contributed by atoms with Crippen LogP contribution in [0.2, 0.25) is 0 Å². The van der Waals surface area contributed by atoms with Gasteiger partial charge in [-0.05, 0) is 34.9 Å². The number of rotatable bonds is 2. The van der Waals surface area contributed by atoms with Crippen molar-refractivity contribution in [2.24, 2.45) is 0 Å². The van der Waals surface area contributed by atoms with Crippen molar-refractivity contribution in [2.75, 3.05) is 5.73 Å². The third kappa shape index (κ3) is 2.17. The van der Waals surface area contributed by atoms with E-state index in [0.29, 0.717) is 5.82 Å². The van der Waals surface area contributed by atoms with Crippen LogP contribution in [0.25, 0.3) is 10.8 Å². The molecule has 0 radical (unpaired) electrons. The van der Waals surface area contributed by atoms with Crippen LogP contribution >= 0.6 is 0 Å². The van der Waals surface area contributed by atoms with E-state index in [9.17, 15) is 0 Å². The second-order valence-electron chi connectivity index (χ2n) is 4.81. The summed E-state index contributed by atoms with van der Waals surface area (Å²) in [6, 6.07) is 16.8. The summed E-state index contributed by atoms with van der Waals surface area (Å²) in [6.07, 6.45) is 2.59. The first-order valence-electron chi connectivity index (χ1n) is 6.42. The molecule has 1 aromatic heterocycles. The first-order chi connectivity index (χ1) is 9.25. The van der Waals surface area contributed by atoms with Crippen LogP contribution in [-0.4, -0.2) is 4.98 Å². The third-order valence-electron chi connectivity index (χ3n) is 3.57. The van der Waals surface area contributed by atoms with Crippen molar-refractivity contribution in [3.63, 3.8) is 0 Å². The number of anilines is 1. The Balaban J connectivity index is 2.11. The van der Waals surface area contributed by atoms with Gasteiger partial charge in [-0.2, -0.15) is 0 Å². The lowest BCUT2D eigenvalue weighted by Gasteiger charge is -2.10. The van der Waals surface area contributed by atoms with Gasteiger partial charge in [0.05, 0.1) is 0 Å². The normalized spacial score (nSPS) is 10.8. The maximum absolute atomic E-state index is 6.00. The molecule has 0 amide bonds. The van der Waals surface area contributed by atoms with E-state index in [1.54, 1.807) is 6.20 Å². The highest BCUT2D eigenvalue weighted by molar-refractivity contribution is 5.86. The Hall–Kier alpha value is -2.35. The fourth-order valence-corrected chi connectivity index (χ4v) is 2.48. The van der Waals surface area contributed by atoms with Gasteiger partial charge in [-0.25, -0.2) is 4.98 Å². The standard InChI is InChI=1S/C17H16N2/c1-12-9-10-19-17(18)16(12)11-14-7-4-6-13-5-2-3-8-15(13)14/h2-10H,11H2,1H3,(H2,18,19). The summed E-state index contributed by atoms with van der Waals surface area (Å²) >= 11 is 0. The maximum atomic E-state index is 6.00. The fourth-order valence-electron chi connectivity index (χ4n) is 2.48. The van der Waals surface area contributed by atoms with Gasteiger partial charge in [0, 0.05) is 18.2 Å². The van der Waals surface area contributed by atoms with E-state index in [1.807, 2.05) is 6.07 Å². The van der Waals surface area contributed by atoms with Crippen LogP contribution in [0.1, 0.15) is 16.7 Å². The van der Waals surface area contributed by atoms with Gasteiger partial charge in [0.15, 0.2) is 0 Å². The summed E-state index contributed by atoms with van der Waals surface area (Å²) in [7, 11) is 0. The highest BCUT2D eigenvalue weighted by Gasteiger charge is 2.07. The number of nitrogens with two attached hydrogens (primary N) is 1. The van der Waals surface area contributed by atoms with Crippen molar-refractivity contribution in [3.8, 4) is 0 Å². The zero-order valence-electron chi connectivity index (χ0n) is 10.9. The molecule has 0 unspecified atom stereocenters. The predicted molar refractivity (Wildman–Crippen MR) is 80.1 cm³/mol. The molecule has 0 bridgehead atoms. The number of fused-ring (bicyclic) bond motifs is 1. The molecule has 0 aliphatic heterocycles. The van der Waals surface area contributed by atoms with Gasteiger partial charge in [0.25, 0.3) is 0 Å². The molecule has 2 N–H and O–H groups in total. The van der Waals surface area contributed by atoms with E-state index in [2.05, 4.69) is 54.4 Å². The number of aryl methyl sites for hydroxylation is 1. The first kappa shape index (κ1) is 11.7. The second-order valence-corrected chi connectivity index (χ2v) is 4.81. The zero-order chi connectivity index (χ0) is 13.2. The number of hydrogen-bond donors (Lipinski definition) is 1. The van der Waals surface area contributed by atoms with Crippen molar-refractivity contribution in [3.05, 3.63) is 71.4 Å². The molecular formula is C17H16N2. The molecule has 3 aromatic rings. The summed E-state index contributed by atoms with van der Waals surface area (Å²) in [4.78, 5) is 4.19. The number of nitrogens with zero attached hydrogens (tertiary/aromatic N) is 1. The molecule has 0 fully saturated rings. The van der Waals surface area contributed by atoms with E-state index >= 15 is 0 Å². The van der Waals surface area contributed by atoms with E-state index in [4.69, 9.17) is 5.73 Å². The maximum Gasteiger partial charge on any atom is 0.127 e. The average Bonchev–Trinajstić information content (AvgIpc) is 2.43. The monoisotopic (exact) mass is 248 g/mol. The molecule has 19 heavy (non-hydrogen) atoms. The number of hydrogen-bond acceptors (Lipinski definition) is 2. The topological polar surface area (TPSA) is 38.9 Å². The molecule has 94 valence electrons. The summed E-state index contributed by atoms with van der Waals surface area (Å²) in [6.45, 7) is 2.08. The van der Waals surface area contributed by atoms with Crippen molar-refractivity contribution in [1.29, 1.82) is 0 Å². The molecule has 0 aliphatic carbocycles. The quantitative estimate of drug-likeness (QED) is 0.750. The number of benzene rings is 2. The van der Waals surface area contributed by atoms with Gasteiger partial charge in [-0.1, -0.05) is 42.5 Å². The second kappa shape index (κ2) is 4.73. The van der Waals surface area contributed by atoms with E-state index in [0.717, 1.165) is 12.0 Å². The Kier molecular flexibility index (Phi) is 2.92. The Labute approximate surface area is 112 Å². The summed E-state index contributed by atoms with van der Waals surface area (Å²) in [5.74, 6) is 0.632. The van der Waals surface area contributed by atoms with Crippen LogP contribution < -0.4 is 5.73 Å². The van der Waals surface area contributed by atoms with E-state index < -0.39 is 0 Å². The SMILES string of the molecule is Cc1ccnc(N)c1Cc1cccc2ccccc12. The van der Waals surface area contributed by atoms with Crippen molar-refractivity contribution < 1.29 is 0 Å². The number of pyridine rings is 1. The minimum Gasteiger partial charge on any atom is -0.383 e. The van der Waals surface area contributed by atoms with Crippen LogP contribution in [0.5, 0.6) is 0 Å². The van der Waals surface area contributed by atoms with Crippen LogP contribution in [0.4, 0.5) is 5.82 Å². The lowest BCUT2D eigenvalue weighted by atomic mass is 9.97. The van der Waals surface area contributed by atoms with Gasteiger partial charge in [0.1, 0.15) is 5.82 Å². The predicted octanol–water partition coefficient (Wildman–Crippen LogP) is 3.72. The number of aromatic nitrogens is 1. The molecule has 0 atom stereocenters. The molecule has 0 aliphatic rings. The number of nitrogen functional groups attached to an aromatic ring is 1. The van der Waals surface area contributed by atoms with E-state index in [-0.39, 0.29) is 0 Å². The van der Waals surface area contributed by atoms with E-state index in [1.165, 1.54) is 21.9 Å². The highest BCUT2D eigenvalue weighted by atomic mass is 14.8. The summed E-state index contributed by atoms with van der Waals surface area (Å²) < 4.78 is 0. The molecule has 0 saturated carbocycles. The third-order valence-corrected chi connectivity index (χ3v) is 3.57. The Morgan fingerprint density at radius 3 is 2.63 bits per heavy atom. The Morgan fingerprint density at radius 2 is 1.79 bits per heavy atom. The Bertz CT molecular complexity index is 707. The molecule has 3 rings (SSSR count). The Morgan fingerprint density at radius 1 is 1.00 bits per heavy atom. The van der Waals surface area contributed by atoms with Gasteiger partial charge in [0.2, 0.25) is 0 Å². The summed E-state index contributed by atoms with van der Waals surface area (Å²) in [5.41, 5.74) is 9.61. The van der Waals surface area contributed by atoms with Crippen molar-refractivity contribution in [1.82, 2.24) is 4.98 Å². The molecular weight excluding hydrogens is 232 g/mol. The van der Waals surface area contributed by atoms with Crippen LogP contribution in [0, 0.1) is 6.92 Å². The molecule has 2 nitrogen and oxygen atoms in total. The summed E-state index contributed by atoms with van der Waals surface area (Å²) in [5, 5.41) is 2.55.